The molecule has 0 spiro atoms. The van der Waals surface area contributed by atoms with Crippen molar-refractivity contribution in [2.45, 2.75) is 44.4 Å². The van der Waals surface area contributed by atoms with Gasteiger partial charge in [0.25, 0.3) is 0 Å². The van der Waals surface area contributed by atoms with E-state index < -0.39 is 20.8 Å². The predicted molar refractivity (Wildman–Crippen MR) is 92.6 cm³/mol. The molecule has 0 amide bonds. The number of carbonyl (C=O) groups excluding carboxylic acids is 1. The molecule has 0 saturated heterocycles. The van der Waals surface area contributed by atoms with Gasteiger partial charge in [-0.05, 0) is 43.9 Å². The van der Waals surface area contributed by atoms with Gasteiger partial charge >= 0.3 is 0 Å². The van der Waals surface area contributed by atoms with Gasteiger partial charge in [0.1, 0.15) is 6.26 Å². The van der Waals surface area contributed by atoms with Crippen molar-refractivity contribution in [2.75, 3.05) is 6.54 Å². The summed E-state index contributed by atoms with van der Waals surface area (Å²) in [5, 5.41) is -0.456. The molecular formula is C17H24N2O4S. The molecule has 1 aliphatic heterocycles. The van der Waals surface area contributed by atoms with Crippen molar-refractivity contribution in [1.82, 2.24) is 10.2 Å². The van der Waals surface area contributed by atoms with Gasteiger partial charge in [0.05, 0.1) is 5.25 Å². The fraction of sp³-hybridized carbons (Fsp3) is 0.471. The van der Waals surface area contributed by atoms with Gasteiger partial charge in [-0.25, -0.2) is 13.1 Å². The summed E-state index contributed by atoms with van der Waals surface area (Å²) >= 11 is 0. The number of sulfonamides is 1. The van der Waals surface area contributed by atoms with E-state index in [1.54, 1.807) is 19.9 Å². The number of hydrogen-bond donors (Lipinski definition) is 2. The van der Waals surface area contributed by atoms with E-state index in [0.717, 1.165) is 11.1 Å². The maximum Gasteiger partial charge on any atom is 0.213 e. The lowest BCUT2D eigenvalue weighted by atomic mass is 9.86. The van der Waals surface area contributed by atoms with Crippen molar-refractivity contribution in [2.24, 2.45) is 0 Å². The van der Waals surface area contributed by atoms with Gasteiger partial charge in [0.15, 0.2) is 11.3 Å². The summed E-state index contributed by atoms with van der Waals surface area (Å²) in [4.78, 5) is 17.0. The average Bonchev–Trinajstić information content (AvgIpc) is 3.04. The third-order valence-corrected chi connectivity index (χ3v) is 6.12. The van der Waals surface area contributed by atoms with Crippen LogP contribution in [0, 0.1) is 0 Å². The molecule has 6 nitrogen and oxygen atoms in total. The van der Waals surface area contributed by atoms with Gasteiger partial charge in [-0.1, -0.05) is 31.2 Å². The minimum absolute atomic E-state index is 0.0178. The van der Waals surface area contributed by atoms with E-state index >= 15 is 0 Å². The van der Waals surface area contributed by atoms with Crippen molar-refractivity contribution in [1.29, 1.82) is 0 Å². The van der Waals surface area contributed by atoms with Crippen molar-refractivity contribution < 1.29 is 18.0 Å². The lowest BCUT2D eigenvalue weighted by Crippen LogP contribution is -2.42. The Bertz CT molecular complexity index is 725. The van der Waals surface area contributed by atoms with Crippen LogP contribution in [0.1, 0.15) is 44.7 Å². The standard InChI is InChI=1S/C17H24N2O4S/c1-12(2)24(21,22)18-11-13(3)15-5-7-16(8-6-15)17(14(4)20)9-10-23-19-17/h5-10,12-13,18-19H,11H2,1-4H3. The van der Waals surface area contributed by atoms with Crippen molar-refractivity contribution >= 4 is 15.8 Å². The average molecular weight is 352 g/mol. The summed E-state index contributed by atoms with van der Waals surface area (Å²) < 4.78 is 26.3. The molecule has 2 atom stereocenters. The van der Waals surface area contributed by atoms with Crippen molar-refractivity contribution in [3.8, 4) is 0 Å². The Kier molecular flexibility index (Phi) is 5.47. The Labute approximate surface area is 143 Å². The SMILES string of the molecule is CC(=O)C1(c2ccc(C(C)CNS(=O)(=O)C(C)C)cc2)C=CON1. The highest BCUT2D eigenvalue weighted by molar-refractivity contribution is 7.90. The quantitative estimate of drug-likeness (QED) is 0.783. The number of rotatable bonds is 7. The van der Waals surface area contributed by atoms with Crippen LogP contribution in [0.3, 0.4) is 0 Å². The number of Topliss-reactive ketones (excluding diaryl/α,β-unsaturated/α-hetero) is 1. The van der Waals surface area contributed by atoms with E-state index in [4.69, 9.17) is 4.84 Å². The fourth-order valence-electron chi connectivity index (χ4n) is 2.44. The summed E-state index contributed by atoms with van der Waals surface area (Å²) in [6.45, 7) is 7.08. The Morgan fingerprint density at radius 3 is 2.33 bits per heavy atom. The lowest BCUT2D eigenvalue weighted by molar-refractivity contribution is -0.124. The van der Waals surface area contributed by atoms with Crippen LogP contribution in [0.5, 0.6) is 0 Å². The lowest BCUT2D eigenvalue weighted by Gasteiger charge is -2.24. The highest BCUT2D eigenvalue weighted by atomic mass is 32.2. The zero-order chi connectivity index (χ0) is 18.0. The molecule has 0 bridgehead atoms. The predicted octanol–water partition coefficient (Wildman–Crippen LogP) is 1.95. The first-order valence-corrected chi connectivity index (χ1v) is 9.44. The Morgan fingerprint density at radius 1 is 1.25 bits per heavy atom. The third kappa shape index (κ3) is 3.68. The molecule has 2 rings (SSSR count). The van der Waals surface area contributed by atoms with Crippen LogP contribution in [-0.2, 0) is 25.2 Å². The minimum atomic E-state index is -3.27. The molecule has 0 fully saturated rings. The maximum absolute atomic E-state index is 12.0. The van der Waals surface area contributed by atoms with E-state index in [-0.39, 0.29) is 11.7 Å². The van der Waals surface area contributed by atoms with E-state index in [1.165, 1.54) is 13.2 Å². The fourth-order valence-corrected chi connectivity index (χ4v) is 3.26. The van der Waals surface area contributed by atoms with E-state index in [0.29, 0.717) is 6.54 Å². The van der Waals surface area contributed by atoms with Crippen LogP contribution in [0.2, 0.25) is 0 Å². The molecule has 1 aromatic carbocycles. The molecule has 0 aromatic heterocycles. The summed E-state index contributed by atoms with van der Waals surface area (Å²) in [6, 6.07) is 7.52. The van der Waals surface area contributed by atoms with E-state index in [1.807, 2.05) is 31.2 Å². The third-order valence-electron chi connectivity index (χ3n) is 4.31. The first-order chi connectivity index (χ1) is 11.2. The smallest absolute Gasteiger partial charge is 0.213 e. The zero-order valence-electron chi connectivity index (χ0n) is 14.4. The molecule has 2 unspecified atom stereocenters. The molecule has 24 heavy (non-hydrogen) atoms. The molecular weight excluding hydrogens is 328 g/mol. The topological polar surface area (TPSA) is 84.5 Å². The normalized spacial score (nSPS) is 21.7. The van der Waals surface area contributed by atoms with Gasteiger partial charge in [-0.15, -0.1) is 5.48 Å². The summed E-state index contributed by atoms with van der Waals surface area (Å²) in [6.07, 6.45) is 3.14. The number of hydrogen-bond acceptors (Lipinski definition) is 5. The largest absolute Gasteiger partial charge is 0.415 e. The van der Waals surface area contributed by atoms with Crippen molar-refractivity contribution in [3.63, 3.8) is 0 Å². The zero-order valence-corrected chi connectivity index (χ0v) is 15.2. The van der Waals surface area contributed by atoms with Crippen LogP contribution >= 0.6 is 0 Å². The molecule has 1 aliphatic rings. The Balaban J connectivity index is 2.12. The second kappa shape index (κ2) is 7.04. The van der Waals surface area contributed by atoms with Crippen LogP contribution in [-0.4, -0.2) is 26.0 Å². The highest BCUT2D eigenvalue weighted by Gasteiger charge is 2.38. The first kappa shape index (κ1) is 18.6. The summed E-state index contributed by atoms with van der Waals surface area (Å²) in [5.74, 6) is -0.0501. The maximum atomic E-state index is 12.0. The van der Waals surface area contributed by atoms with E-state index in [9.17, 15) is 13.2 Å². The van der Waals surface area contributed by atoms with Gasteiger partial charge in [0, 0.05) is 6.54 Å². The second-order valence-corrected chi connectivity index (χ2v) is 8.67. The molecule has 0 aliphatic carbocycles. The van der Waals surface area contributed by atoms with Gasteiger partial charge in [-0.3, -0.25) is 4.79 Å². The van der Waals surface area contributed by atoms with Crippen LogP contribution in [0.25, 0.3) is 0 Å². The van der Waals surface area contributed by atoms with E-state index in [2.05, 4.69) is 10.2 Å². The van der Waals surface area contributed by atoms with Crippen LogP contribution < -0.4 is 10.2 Å². The summed E-state index contributed by atoms with van der Waals surface area (Å²) in [7, 11) is -3.27. The monoisotopic (exact) mass is 352 g/mol. The number of nitrogens with one attached hydrogen (secondary N) is 2. The van der Waals surface area contributed by atoms with Crippen LogP contribution in [0.4, 0.5) is 0 Å². The van der Waals surface area contributed by atoms with Crippen molar-refractivity contribution in [3.05, 3.63) is 47.7 Å². The van der Waals surface area contributed by atoms with Crippen LogP contribution in [0.15, 0.2) is 36.6 Å². The highest BCUT2D eigenvalue weighted by Crippen LogP contribution is 2.29. The molecule has 0 radical (unpaired) electrons. The first-order valence-electron chi connectivity index (χ1n) is 7.89. The molecule has 0 saturated carbocycles. The Hall–Kier alpha value is -1.70. The number of hydroxylamine groups is 1. The minimum Gasteiger partial charge on any atom is -0.415 e. The van der Waals surface area contributed by atoms with Gasteiger partial charge in [0.2, 0.25) is 10.0 Å². The Morgan fingerprint density at radius 2 is 1.88 bits per heavy atom. The number of carbonyl (C=O) groups is 1. The second-order valence-electron chi connectivity index (χ2n) is 6.35. The number of ketones is 1. The molecule has 132 valence electrons. The molecule has 2 N–H and O–H groups in total. The summed E-state index contributed by atoms with van der Waals surface area (Å²) in [5.41, 5.74) is 3.55. The molecule has 7 heteroatoms. The molecule has 1 aromatic rings. The molecule has 1 heterocycles. The van der Waals surface area contributed by atoms with Gasteiger partial charge in [-0.2, -0.15) is 0 Å². The van der Waals surface area contributed by atoms with Gasteiger partial charge < -0.3 is 4.84 Å². The number of benzene rings is 1.